The van der Waals surface area contributed by atoms with E-state index in [1.54, 1.807) is 0 Å². The van der Waals surface area contributed by atoms with E-state index in [1.165, 1.54) is 26.6 Å². The number of methoxy groups -OCH3 is 2. The monoisotopic (exact) mass is 230 g/mol. The molecule has 1 aliphatic carbocycles. The van der Waals surface area contributed by atoms with Crippen molar-refractivity contribution < 1.29 is 18.3 Å². The number of hydrogen-bond donors (Lipinski definition) is 1. The maximum absolute atomic E-state index is 13.2. The average Bonchev–Trinajstić information content (AvgIpc) is 2.77. The third-order valence-electron chi connectivity index (χ3n) is 2.79. The fourth-order valence-corrected chi connectivity index (χ4v) is 1.75. The van der Waals surface area contributed by atoms with E-state index in [4.69, 9.17) is 15.2 Å². The van der Waals surface area contributed by atoms with Crippen LogP contribution in [0.1, 0.15) is 12.0 Å². The third-order valence-corrected chi connectivity index (χ3v) is 2.79. The Morgan fingerprint density at radius 2 is 1.69 bits per heavy atom. The zero-order valence-electron chi connectivity index (χ0n) is 8.96. The normalized spacial score (nSPS) is 26.3. The summed E-state index contributed by atoms with van der Waals surface area (Å²) < 4.78 is 36.5. The first kappa shape index (κ1) is 11.1. The molecule has 0 spiro atoms. The Morgan fingerprint density at radius 3 is 2.00 bits per heavy atom. The molecular weight excluding hydrogens is 218 g/mol. The molecule has 1 aliphatic rings. The standard InChI is InChI=1S/C10H12F2N2O2/c1-15-6-3-14-4-7(16-2)8(6)9(13)5-10(9,11)12/h3-4H,5,13H2,1-2H3. The topological polar surface area (TPSA) is 57.4 Å². The molecule has 2 rings (SSSR count). The number of rotatable bonds is 3. The fourth-order valence-electron chi connectivity index (χ4n) is 1.75. The van der Waals surface area contributed by atoms with Gasteiger partial charge in [-0.05, 0) is 0 Å². The van der Waals surface area contributed by atoms with Gasteiger partial charge in [-0.25, -0.2) is 8.78 Å². The summed E-state index contributed by atoms with van der Waals surface area (Å²) in [5.74, 6) is -2.48. The largest absolute Gasteiger partial charge is 0.495 e. The molecule has 0 radical (unpaired) electrons. The number of halogens is 2. The van der Waals surface area contributed by atoms with Gasteiger partial charge >= 0.3 is 0 Å². The number of aromatic nitrogens is 1. The van der Waals surface area contributed by atoms with Crippen LogP contribution in [-0.2, 0) is 5.54 Å². The number of nitrogens with two attached hydrogens (primary N) is 1. The molecule has 0 amide bonds. The van der Waals surface area contributed by atoms with E-state index in [1.807, 2.05) is 0 Å². The van der Waals surface area contributed by atoms with E-state index in [0.29, 0.717) is 0 Å². The van der Waals surface area contributed by atoms with Crippen molar-refractivity contribution >= 4 is 0 Å². The lowest BCUT2D eigenvalue weighted by Gasteiger charge is -2.17. The highest BCUT2D eigenvalue weighted by molar-refractivity contribution is 5.52. The minimum absolute atomic E-state index is 0.178. The van der Waals surface area contributed by atoms with Gasteiger partial charge < -0.3 is 15.2 Å². The fraction of sp³-hybridized carbons (Fsp3) is 0.500. The van der Waals surface area contributed by atoms with Gasteiger partial charge in [0.1, 0.15) is 17.0 Å². The first-order valence-electron chi connectivity index (χ1n) is 4.69. The Morgan fingerprint density at radius 1 is 1.25 bits per heavy atom. The second-order valence-electron chi connectivity index (χ2n) is 3.77. The summed E-state index contributed by atoms with van der Waals surface area (Å²) in [6.45, 7) is 0. The molecule has 0 aliphatic heterocycles. The van der Waals surface area contributed by atoms with E-state index >= 15 is 0 Å². The van der Waals surface area contributed by atoms with Crippen molar-refractivity contribution in [3.8, 4) is 11.5 Å². The van der Waals surface area contributed by atoms with Gasteiger partial charge in [0.15, 0.2) is 0 Å². The Kier molecular flexibility index (Phi) is 2.27. The first-order chi connectivity index (χ1) is 7.46. The predicted molar refractivity (Wildman–Crippen MR) is 52.8 cm³/mol. The molecule has 1 aromatic rings. The summed E-state index contributed by atoms with van der Waals surface area (Å²) in [4.78, 5) is 3.83. The highest BCUT2D eigenvalue weighted by atomic mass is 19.3. The van der Waals surface area contributed by atoms with Crippen molar-refractivity contribution in [3.63, 3.8) is 0 Å². The highest BCUT2D eigenvalue weighted by Gasteiger charge is 2.71. The van der Waals surface area contributed by atoms with Crippen molar-refractivity contribution in [1.29, 1.82) is 0 Å². The van der Waals surface area contributed by atoms with Gasteiger partial charge in [0.05, 0.1) is 32.2 Å². The van der Waals surface area contributed by atoms with Gasteiger partial charge in [0.2, 0.25) is 0 Å². The van der Waals surface area contributed by atoms with E-state index in [-0.39, 0.29) is 17.1 Å². The molecule has 0 saturated heterocycles. The first-order valence-corrected chi connectivity index (χ1v) is 4.69. The van der Waals surface area contributed by atoms with Crippen molar-refractivity contribution in [2.24, 2.45) is 5.73 Å². The molecule has 1 unspecified atom stereocenters. The number of pyridine rings is 1. The molecule has 4 nitrogen and oxygen atoms in total. The number of alkyl halides is 2. The maximum Gasteiger partial charge on any atom is 0.272 e. The average molecular weight is 230 g/mol. The third kappa shape index (κ3) is 1.33. The highest BCUT2D eigenvalue weighted by Crippen LogP contribution is 2.61. The molecule has 16 heavy (non-hydrogen) atoms. The van der Waals surface area contributed by atoms with E-state index in [9.17, 15) is 8.78 Å². The molecule has 0 aromatic carbocycles. The zero-order chi connectivity index (χ0) is 12.0. The van der Waals surface area contributed by atoms with Crippen LogP contribution in [0.3, 0.4) is 0 Å². The van der Waals surface area contributed by atoms with Crippen LogP contribution in [0.4, 0.5) is 8.78 Å². The molecule has 2 N–H and O–H groups in total. The van der Waals surface area contributed by atoms with Gasteiger partial charge in [0, 0.05) is 6.42 Å². The van der Waals surface area contributed by atoms with Crippen LogP contribution in [0.2, 0.25) is 0 Å². The van der Waals surface area contributed by atoms with Crippen LogP contribution in [0, 0.1) is 0 Å². The smallest absolute Gasteiger partial charge is 0.272 e. The van der Waals surface area contributed by atoms with Crippen LogP contribution >= 0.6 is 0 Å². The summed E-state index contributed by atoms with van der Waals surface area (Å²) in [6.07, 6.45) is 2.29. The van der Waals surface area contributed by atoms with Crippen LogP contribution in [0.25, 0.3) is 0 Å². The lowest BCUT2D eigenvalue weighted by Crippen LogP contribution is -2.28. The second kappa shape index (κ2) is 3.28. The summed E-state index contributed by atoms with van der Waals surface area (Å²) in [5, 5.41) is 0. The van der Waals surface area contributed by atoms with Gasteiger partial charge in [-0.1, -0.05) is 0 Å². The van der Waals surface area contributed by atoms with Crippen LogP contribution < -0.4 is 15.2 Å². The maximum atomic E-state index is 13.2. The Hall–Kier alpha value is -1.43. The molecular formula is C10H12F2N2O2. The zero-order valence-corrected chi connectivity index (χ0v) is 8.96. The number of nitrogens with zero attached hydrogens (tertiary/aromatic N) is 1. The molecule has 6 heteroatoms. The van der Waals surface area contributed by atoms with Crippen LogP contribution in [0.5, 0.6) is 11.5 Å². The minimum Gasteiger partial charge on any atom is -0.495 e. The SMILES string of the molecule is COc1cncc(OC)c1C1(N)CC1(F)F. The van der Waals surface area contributed by atoms with Crippen molar-refractivity contribution in [3.05, 3.63) is 18.0 Å². The summed E-state index contributed by atoms with van der Waals surface area (Å²) in [6, 6.07) is 0. The molecule has 1 heterocycles. The van der Waals surface area contributed by atoms with E-state index in [2.05, 4.69) is 4.98 Å². The predicted octanol–water partition coefficient (Wildman–Crippen LogP) is 1.29. The summed E-state index contributed by atoms with van der Waals surface area (Å²) >= 11 is 0. The lowest BCUT2D eigenvalue weighted by molar-refractivity contribution is 0.0876. The Balaban J connectivity index is 2.55. The van der Waals surface area contributed by atoms with Gasteiger partial charge in [-0.2, -0.15) is 0 Å². The quantitative estimate of drug-likeness (QED) is 0.850. The summed E-state index contributed by atoms with van der Waals surface area (Å²) in [5.41, 5.74) is 4.14. The van der Waals surface area contributed by atoms with Gasteiger partial charge in [-0.3, -0.25) is 4.98 Å². The van der Waals surface area contributed by atoms with E-state index in [0.717, 1.165) is 0 Å². The van der Waals surface area contributed by atoms with Gasteiger partial charge in [-0.15, -0.1) is 0 Å². The molecule has 1 saturated carbocycles. The van der Waals surface area contributed by atoms with Crippen LogP contribution in [0.15, 0.2) is 12.4 Å². The van der Waals surface area contributed by atoms with E-state index < -0.39 is 17.9 Å². The lowest BCUT2D eigenvalue weighted by atomic mass is 10.0. The molecule has 88 valence electrons. The van der Waals surface area contributed by atoms with Gasteiger partial charge in [0.25, 0.3) is 5.92 Å². The number of hydrogen-bond acceptors (Lipinski definition) is 4. The van der Waals surface area contributed by atoms with Crippen molar-refractivity contribution in [2.75, 3.05) is 14.2 Å². The van der Waals surface area contributed by atoms with Crippen molar-refractivity contribution in [2.45, 2.75) is 17.9 Å². The van der Waals surface area contributed by atoms with Crippen molar-refractivity contribution in [1.82, 2.24) is 4.98 Å². The molecule has 1 fully saturated rings. The molecule has 1 atom stereocenters. The number of ether oxygens (including phenoxy) is 2. The summed E-state index contributed by atoms with van der Waals surface area (Å²) in [7, 11) is 2.76. The minimum atomic E-state index is -2.92. The Labute approximate surface area is 91.4 Å². The Bertz CT molecular complexity index is 403. The molecule has 1 aromatic heterocycles. The van der Waals surface area contributed by atoms with Crippen LogP contribution in [-0.4, -0.2) is 25.1 Å². The molecule has 0 bridgehead atoms. The second-order valence-corrected chi connectivity index (χ2v) is 3.77.